The second-order valence-corrected chi connectivity index (χ2v) is 9.82. The zero-order chi connectivity index (χ0) is 24.3. The third-order valence-electron chi connectivity index (χ3n) is 5.64. The Labute approximate surface area is 198 Å². The molecule has 1 aromatic heterocycles. The van der Waals surface area contributed by atoms with Gasteiger partial charge in [0.2, 0.25) is 10.0 Å². The van der Waals surface area contributed by atoms with Crippen molar-refractivity contribution >= 4 is 27.4 Å². The molecule has 1 fully saturated rings. The molecule has 3 aromatic rings. The van der Waals surface area contributed by atoms with Crippen LogP contribution in [0.15, 0.2) is 65.7 Å². The van der Waals surface area contributed by atoms with Crippen molar-refractivity contribution in [1.29, 1.82) is 0 Å². The van der Waals surface area contributed by atoms with Crippen LogP contribution in [-0.4, -0.2) is 56.9 Å². The number of nitrogens with one attached hydrogen (secondary N) is 1. The van der Waals surface area contributed by atoms with Gasteiger partial charge in [-0.25, -0.2) is 17.8 Å². The molecule has 2 heterocycles. The number of pyridine rings is 1. The number of hydrogen-bond acceptors (Lipinski definition) is 6. The molecule has 4 rings (SSSR count). The summed E-state index contributed by atoms with van der Waals surface area (Å²) in [5, 5.41) is 2.62. The number of nitrogens with zero attached hydrogens (tertiary/aromatic N) is 3. The first kappa shape index (κ1) is 23.7. The van der Waals surface area contributed by atoms with Crippen LogP contribution in [0.2, 0.25) is 0 Å². The summed E-state index contributed by atoms with van der Waals surface area (Å²) in [5.41, 5.74) is 0.875. The number of ether oxygens (including phenoxy) is 1. The standard InChI is InChI=1S/C24H25FN4O4S/c1-17-6-9-22(33-2)21(15-17)27-24(30)19-16-18(7-8-20(19)25)34(31,32)29-13-11-28(12-14-29)23-5-3-4-10-26-23/h3-10,15-16H,11-14H2,1-2H3,(H,27,30). The molecule has 1 aliphatic heterocycles. The van der Waals surface area contributed by atoms with E-state index in [9.17, 15) is 17.6 Å². The Morgan fingerprint density at radius 2 is 1.82 bits per heavy atom. The van der Waals surface area contributed by atoms with Gasteiger partial charge in [0, 0.05) is 32.4 Å². The average Bonchev–Trinajstić information content (AvgIpc) is 2.85. The first-order valence-electron chi connectivity index (χ1n) is 10.7. The minimum atomic E-state index is -3.92. The number of methoxy groups -OCH3 is 1. The highest BCUT2D eigenvalue weighted by Crippen LogP contribution is 2.27. The number of piperazine rings is 1. The van der Waals surface area contributed by atoms with Crippen molar-refractivity contribution in [1.82, 2.24) is 9.29 Å². The summed E-state index contributed by atoms with van der Waals surface area (Å²) >= 11 is 0. The van der Waals surface area contributed by atoms with E-state index in [0.29, 0.717) is 24.5 Å². The van der Waals surface area contributed by atoms with Crippen molar-refractivity contribution in [2.24, 2.45) is 0 Å². The number of carbonyl (C=O) groups is 1. The Morgan fingerprint density at radius 3 is 2.50 bits per heavy atom. The maximum atomic E-state index is 14.5. The van der Waals surface area contributed by atoms with Crippen LogP contribution in [0.5, 0.6) is 5.75 Å². The first-order valence-corrected chi connectivity index (χ1v) is 12.2. The van der Waals surface area contributed by atoms with Crippen LogP contribution in [0.3, 0.4) is 0 Å². The highest BCUT2D eigenvalue weighted by atomic mass is 32.2. The van der Waals surface area contributed by atoms with Gasteiger partial charge in [-0.3, -0.25) is 4.79 Å². The maximum Gasteiger partial charge on any atom is 0.258 e. The molecular formula is C24H25FN4O4S. The SMILES string of the molecule is COc1ccc(C)cc1NC(=O)c1cc(S(=O)(=O)N2CCN(c3ccccn3)CC2)ccc1F. The molecule has 8 nitrogen and oxygen atoms in total. The summed E-state index contributed by atoms with van der Waals surface area (Å²) in [7, 11) is -2.46. The lowest BCUT2D eigenvalue weighted by Gasteiger charge is -2.34. The lowest BCUT2D eigenvalue weighted by Crippen LogP contribution is -2.48. The smallest absolute Gasteiger partial charge is 0.258 e. The van der Waals surface area contributed by atoms with E-state index in [1.807, 2.05) is 36.1 Å². The largest absolute Gasteiger partial charge is 0.495 e. The Morgan fingerprint density at radius 1 is 1.06 bits per heavy atom. The topological polar surface area (TPSA) is 91.8 Å². The van der Waals surface area contributed by atoms with Gasteiger partial charge in [-0.1, -0.05) is 12.1 Å². The van der Waals surface area contributed by atoms with Gasteiger partial charge < -0.3 is 15.0 Å². The third-order valence-corrected chi connectivity index (χ3v) is 7.53. The van der Waals surface area contributed by atoms with Crippen molar-refractivity contribution in [3.8, 4) is 5.75 Å². The lowest BCUT2D eigenvalue weighted by atomic mass is 10.1. The molecule has 10 heteroatoms. The van der Waals surface area contributed by atoms with Crippen molar-refractivity contribution < 1.29 is 22.3 Å². The van der Waals surface area contributed by atoms with Crippen LogP contribution in [0.1, 0.15) is 15.9 Å². The maximum absolute atomic E-state index is 14.5. The molecule has 1 amide bonds. The average molecular weight is 485 g/mol. The van der Waals surface area contributed by atoms with E-state index >= 15 is 0 Å². The summed E-state index contributed by atoms with van der Waals surface area (Å²) in [6.45, 7) is 3.28. The molecule has 0 spiro atoms. The van der Waals surface area contributed by atoms with Crippen LogP contribution in [-0.2, 0) is 10.0 Å². The van der Waals surface area contributed by atoms with Gasteiger partial charge in [0.15, 0.2) is 0 Å². The highest BCUT2D eigenvalue weighted by Gasteiger charge is 2.30. The van der Waals surface area contributed by atoms with Gasteiger partial charge in [-0.2, -0.15) is 4.31 Å². The number of carbonyl (C=O) groups excluding carboxylic acids is 1. The summed E-state index contributed by atoms with van der Waals surface area (Å²) in [5.74, 6) is -0.387. The van der Waals surface area contributed by atoms with Gasteiger partial charge in [0.1, 0.15) is 17.4 Å². The minimum Gasteiger partial charge on any atom is -0.495 e. The van der Waals surface area contributed by atoms with E-state index in [-0.39, 0.29) is 23.5 Å². The first-order chi connectivity index (χ1) is 16.3. The highest BCUT2D eigenvalue weighted by molar-refractivity contribution is 7.89. The number of anilines is 2. The molecule has 0 saturated carbocycles. The number of rotatable bonds is 6. The summed E-state index contributed by atoms with van der Waals surface area (Å²) in [6.07, 6.45) is 1.69. The van der Waals surface area contributed by atoms with Crippen molar-refractivity contribution in [2.75, 3.05) is 43.5 Å². The summed E-state index contributed by atoms with van der Waals surface area (Å²) in [6, 6.07) is 14.0. The van der Waals surface area contributed by atoms with Gasteiger partial charge in [0.05, 0.1) is 23.3 Å². The number of sulfonamides is 1. The number of halogens is 1. The molecule has 0 atom stereocenters. The van der Waals surface area contributed by atoms with E-state index in [0.717, 1.165) is 23.5 Å². The second kappa shape index (κ2) is 9.78. The van der Waals surface area contributed by atoms with Crippen LogP contribution < -0.4 is 15.0 Å². The molecular weight excluding hydrogens is 459 g/mol. The predicted octanol–water partition coefficient (Wildman–Crippen LogP) is 3.30. The third kappa shape index (κ3) is 4.87. The van der Waals surface area contributed by atoms with Crippen molar-refractivity contribution in [2.45, 2.75) is 11.8 Å². The summed E-state index contributed by atoms with van der Waals surface area (Å²) < 4.78 is 47.6. The fourth-order valence-electron chi connectivity index (χ4n) is 3.80. The van der Waals surface area contributed by atoms with Gasteiger partial charge in [-0.15, -0.1) is 0 Å². The molecule has 178 valence electrons. The minimum absolute atomic E-state index is 0.137. The number of amides is 1. The van der Waals surface area contributed by atoms with E-state index in [1.54, 1.807) is 18.3 Å². The van der Waals surface area contributed by atoms with E-state index < -0.39 is 21.7 Å². The van der Waals surface area contributed by atoms with E-state index in [1.165, 1.54) is 17.5 Å². The fourth-order valence-corrected chi connectivity index (χ4v) is 5.24. The van der Waals surface area contributed by atoms with Crippen LogP contribution >= 0.6 is 0 Å². The van der Waals surface area contributed by atoms with Gasteiger partial charge in [0.25, 0.3) is 5.91 Å². The molecule has 2 aromatic carbocycles. The molecule has 0 aliphatic carbocycles. The molecule has 0 radical (unpaired) electrons. The van der Waals surface area contributed by atoms with E-state index in [2.05, 4.69) is 10.3 Å². The normalized spacial score (nSPS) is 14.6. The zero-order valence-corrected chi connectivity index (χ0v) is 19.7. The molecule has 0 unspecified atom stereocenters. The molecule has 1 saturated heterocycles. The molecule has 1 aliphatic rings. The number of aromatic nitrogens is 1. The number of benzene rings is 2. The van der Waals surface area contributed by atoms with Crippen LogP contribution in [0.25, 0.3) is 0 Å². The van der Waals surface area contributed by atoms with Gasteiger partial charge in [-0.05, 0) is 55.0 Å². The van der Waals surface area contributed by atoms with E-state index in [4.69, 9.17) is 4.74 Å². The van der Waals surface area contributed by atoms with Gasteiger partial charge >= 0.3 is 0 Å². The molecule has 34 heavy (non-hydrogen) atoms. The zero-order valence-electron chi connectivity index (χ0n) is 18.9. The molecule has 1 N–H and O–H groups in total. The van der Waals surface area contributed by atoms with Crippen molar-refractivity contribution in [3.05, 3.63) is 77.7 Å². The summed E-state index contributed by atoms with van der Waals surface area (Å²) in [4.78, 5) is 19.0. The Balaban J connectivity index is 1.53. The Hall–Kier alpha value is -3.50. The fraction of sp³-hybridized carbons (Fsp3) is 0.250. The predicted molar refractivity (Wildman–Crippen MR) is 127 cm³/mol. The lowest BCUT2D eigenvalue weighted by molar-refractivity contribution is 0.102. The molecule has 0 bridgehead atoms. The van der Waals surface area contributed by atoms with Crippen molar-refractivity contribution in [3.63, 3.8) is 0 Å². The van der Waals surface area contributed by atoms with Crippen LogP contribution in [0, 0.1) is 12.7 Å². The quantitative estimate of drug-likeness (QED) is 0.577. The monoisotopic (exact) mass is 484 g/mol. The number of aryl methyl sites for hydroxylation is 1. The second-order valence-electron chi connectivity index (χ2n) is 7.88. The van der Waals surface area contributed by atoms with Crippen LogP contribution in [0.4, 0.5) is 15.9 Å². The Bertz CT molecular complexity index is 1290. The number of hydrogen-bond donors (Lipinski definition) is 1. The Kier molecular flexibility index (Phi) is 6.80.